The number of para-hydroxylation sites is 1. The number of benzene rings is 3. The van der Waals surface area contributed by atoms with Gasteiger partial charge in [-0.15, -0.1) is 0 Å². The Morgan fingerprint density at radius 2 is 1.69 bits per heavy atom. The Hall–Kier alpha value is -4.11. The summed E-state index contributed by atoms with van der Waals surface area (Å²) in [5.74, 6) is 1.73. The molecule has 186 valence electrons. The molecule has 3 aromatic carbocycles. The van der Waals surface area contributed by atoms with E-state index in [1.165, 1.54) is 4.57 Å². The molecule has 9 heteroatoms. The lowest BCUT2D eigenvalue weighted by atomic mass is 10.1. The van der Waals surface area contributed by atoms with Crippen LogP contribution < -0.4 is 25.1 Å². The normalized spacial score (nSPS) is 10.8. The van der Waals surface area contributed by atoms with E-state index < -0.39 is 0 Å². The fraction of sp³-hybridized carbons (Fsp3) is 0.222. The summed E-state index contributed by atoms with van der Waals surface area (Å²) in [5.41, 5.74) is 2.55. The molecule has 8 nitrogen and oxygen atoms in total. The molecule has 0 saturated heterocycles. The first-order chi connectivity index (χ1) is 17.4. The van der Waals surface area contributed by atoms with Crippen LogP contribution >= 0.6 is 12.2 Å². The number of nitrogens with one attached hydrogen (secondary N) is 2. The van der Waals surface area contributed by atoms with Crippen molar-refractivity contribution >= 4 is 29.0 Å². The third-order valence-corrected chi connectivity index (χ3v) is 6.23. The topological polar surface area (TPSA) is 94.6 Å². The summed E-state index contributed by atoms with van der Waals surface area (Å²) in [5, 5.41) is 3.36. The Balaban J connectivity index is 1.50. The summed E-state index contributed by atoms with van der Waals surface area (Å²) in [6.07, 6.45) is 0.621. The number of aromatic amines is 1. The zero-order valence-electron chi connectivity index (χ0n) is 20.3. The van der Waals surface area contributed by atoms with Crippen LogP contribution in [-0.2, 0) is 13.0 Å². The zero-order valence-corrected chi connectivity index (χ0v) is 21.1. The van der Waals surface area contributed by atoms with Crippen molar-refractivity contribution in [1.82, 2.24) is 14.9 Å². The molecule has 0 aliphatic rings. The van der Waals surface area contributed by atoms with Crippen molar-refractivity contribution in [3.05, 3.63) is 92.5 Å². The van der Waals surface area contributed by atoms with Gasteiger partial charge in [-0.3, -0.25) is 14.2 Å². The van der Waals surface area contributed by atoms with Crippen molar-refractivity contribution in [2.45, 2.75) is 13.0 Å². The lowest BCUT2D eigenvalue weighted by molar-refractivity contribution is 0.0954. The Morgan fingerprint density at radius 3 is 2.44 bits per heavy atom. The average molecular weight is 506 g/mol. The van der Waals surface area contributed by atoms with Crippen molar-refractivity contribution in [3.8, 4) is 17.2 Å². The highest BCUT2D eigenvalue weighted by Gasteiger charge is 2.12. The molecule has 0 atom stereocenters. The fourth-order valence-corrected chi connectivity index (χ4v) is 4.26. The Morgan fingerprint density at radius 1 is 0.944 bits per heavy atom. The minimum absolute atomic E-state index is 0.236. The second kappa shape index (κ2) is 11.1. The van der Waals surface area contributed by atoms with Crippen LogP contribution in [0.3, 0.4) is 0 Å². The van der Waals surface area contributed by atoms with Crippen LogP contribution in [-0.4, -0.2) is 43.3 Å². The molecular weight excluding hydrogens is 478 g/mol. The first-order valence-electron chi connectivity index (χ1n) is 11.3. The van der Waals surface area contributed by atoms with Crippen LogP contribution in [0.15, 0.2) is 65.5 Å². The number of hydrogen-bond acceptors (Lipinski definition) is 6. The number of nitrogens with zero attached hydrogens (tertiary/aromatic N) is 1. The smallest absolute Gasteiger partial charge is 0.262 e. The van der Waals surface area contributed by atoms with Gasteiger partial charge in [0.2, 0.25) is 0 Å². The number of H-pyrrole nitrogens is 1. The number of amides is 1. The van der Waals surface area contributed by atoms with E-state index in [4.69, 9.17) is 26.4 Å². The minimum Gasteiger partial charge on any atom is -0.496 e. The number of carbonyl (C=O) groups excluding carboxylic acids is 1. The molecule has 1 amide bonds. The molecule has 4 rings (SSSR count). The van der Waals surface area contributed by atoms with E-state index in [1.54, 1.807) is 39.5 Å². The van der Waals surface area contributed by atoms with Crippen molar-refractivity contribution < 1.29 is 19.0 Å². The Bertz CT molecular complexity index is 1530. The van der Waals surface area contributed by atoms with E-state index in [9.17, 15) is 9.59 Å². The maximum Gasteiger partial charge on any atom is 0.262 e. The predicted octanol–water partition coefficient (Wildman–Crippen LogP) is 4.11. The number of carbonyl (C=O) groups is 1. The first kappa shape index (κ1) is 25.0. The van der Waals surface area contributed by atoms with Gasteiger partial charge in [0.25, 0.3) is 11.5 Å². The molecule has 36 heavy (non-hydrogen) atoms. The van der Waals surface area contributed by atoms with E-state index in [0.29, 0.717) is 46.7 Å². The van der Waals surface area contributed by atoms with Gasteiger partial charge >= 0.3 is 0 Å². The lowest BCUT2D eigenvalue weighted by Gasteiger charge is -2.12. The molecule has 2 N–H and O–H groups in total. The molecule has 0 spiro atoms. The summed E-state index contributed by atoms with van der Waals surface area (Å²) in [4.78, 5) is 29.0. The second-order valence-electron chi connectivity index (χ2n) is 8.09. The second-order valence-corrected chi connectivity index (χ2v) is 8.48. The van der Waals surface area contributed by atoms with Crippen molar-refractivity contribution in [2.75, 3.05) is 27.9 Å². The zero-order chi connectivity index (χ0) is 25.7. The number of methoxy groups -OCH3 is 3. The molecule has 0 aliphatic heterocycles. The fourth-order valence-electron chi connectivity index (χ4n) is 4.00. The number of aromatic nitrogens is 2. The highest BCUT2D eigenvalue weighted by atomic mass is 32.1. The molecule has 0 radical (unpaired) electrons. The SMILES string of the molecule is COc1ccccc1Cn1c(=S)[nH]c2cc(C(=O)NCCc3ccc(OC)c(OC)c3)ccc2c1=O. The lowest BCUT2D eigenvalue weighted by Crippen LogP contribution is -2.26. The van der Waals surface area contributed by atoms with Gasteiger partial charge in [-0.05, 0) is 60.6 Å². The van der Waals surface area contributed by atoms with Crippen LogP contribution in [0.2, 0.25) is 0 Å². The van der Waals surface area contributed by atoms with Crippen LogP contribution in [0.25, 0.3) is 10.9 Å². The van der Waals surface area contributed by atoms with Crippen molar-refractivity contribution in [3.63, 3.8) is 0 Å². The van der Waals surface area contributed by atoms with E-state index in [2.05, 4.69) is 10.3 Å². The summed E-state index contributed by atoms with van der Waals surface area (Å²) < 4.78 is 17.7. The van der Waals surface area contributed by atoms with Gasteiger partial charge in [0.05, 0.1) is 38.8 Å². The van der Waals surface area contributed by atoms with Gasteiger partial charge in [-0.25, -0.2) is 0 Å². The van der Waals surface area contributed by atoms with Gasteiger partial charge in [0, 0.05) is 17.7 Å². The summed E-state index contributed by atoms with van der Waals surface area (Å²) in [6.45, 7) is 0.704. The average Bonchev–Trinajstić information content (AvgIpc) is 2.90. The van der Waals surface area contributed by atoms with Crippen LogP contribution in [0.5, 0.6) is 17.2 Å². The summed E-state index contributed by atoms with van der Waals surface area (Å²) in [7, 11) is 4.76. The largest absolute Gasteiger partial charge is 0.496 e. The van der Waals surface area contributed by atoms with E-state index in [1.807, 2.05) is 42.5 Å². The molecule has 0 saturated carbocycles. The third kappa shape index (κ3) is 5.26. The van der Waals surface area contributed by atoms with Crippen LogP contribution in [0.1, 0.15) is 21.5 Å². The Kier molecular flexibility index (Phi) is 7.70. The van der Waals surface area contributed by atoms with Crippen molar-refractivity contribution in [1.29, 1.82) is 0 Å². The Labute approximate surface area is 213 Å². The van der Waals surface area contributed by atoms with Gasteiger partial charge in [-0.1, -0.05) is 24.3 Å². The van der Waals surface area contributed by atoms with Gasteiger partial charge in [0.1, 0.15) is 5.75 Å². The molecule has 0 bridgehead atoms. The molecule has 0 aliphatic carbocycles. The molecular formula is C27H27N3O5S. The molecule has 1 aromatic heterocycles. The van der Waals surface area contributed by atoms with Crippen molar-refractivity contribution in [2.24, 2.45) is 0 Å². The van der Waals surface area contributed by atoms with Crippen LogP contribution in [0.4, 0.5) is 0 Å². The minimum atomic E-state index is -0.241. The highest BCUT2D eigenvalue weighted by molar-refractivity contribution is 7.71. The summed E-state index contributed by atoms with van der Waals surface area (Å²) >= 11 is 5.46. The number of rotatable bonds is 9. The van der Waals surface area contributed by atoms with Gasteiger partial charge in [-0.2, -0.15) is 0 Å². The van der Waals surface area contributed by atoms with Gasteiger partial charge in [0.15, 0.2) is 16.3 Å². The number of ether oxygens (including phenoxy) is 3. The van der Waals surface area contributed by atoms with E-state index in [0.717, 1.165) is 11.1 Å². The molecule has 1 heterocycles. The maximum absolute atomic E-state index is 13.2. The first-order valence-corrected chi connectivity index (χ1v) is 11.7. The monoisotopic (exact) mass is 505 g/mol. The molecule has 4 aromatic rings. The maximum atomic E-state index is 13.2. The van der Waals surface area contributed by atoms with E-state index in [-0.39, 0.29) is 22.8 Å². The summed E-state index contributed by atoms with van der Waals surface area (Å²) in [6, 6.07) is 18.1. The number of fused-ring (bicyclic) bond motifs is 1. The van der Waals surface area contributed by atoms with E-state index >= 15 is 0 Å². The van der Waals surface area contributed by atoms with Gasteiger partial charge < -0.3 is 24.5 Å². The standard InChI is InChI=1S/C27H27N3O5S/c1-33-22-7-5-4-6-19(22)16-30-26(32)20-10-9-18(15-21(20)29-27(30)36)25(31)28-13-12-17-8-11-23(34-2)24(14-17)35-3/h4-11,14-15H,12-13,16H2,1-3H3,(H,28,31)(H,29,36). The molecule has 0 fully saturated rings. The van der Waals surface area contributed by atoms with Crippen LogP contribution in [0, 0.1) is 4.77 Å². The quantitative estimate of drug-likeness (QED) is 0.333. The molecule has 0 unspecified atom stereocenters. The number of hydrogen-bond donors (Lipinski definition) is 2. The highest BCUT2D eigenvalue weighted by Crippen LogP contribution is 2.27. The predicted molar refractivity (Wildman–Crippen MR) is 141 cm³/mol. The third-order valence-electron chi connectivity index (χ3n) is 5.91.